The molecule has 0 fully saturated rings. The maximum Gasteiger partial charge on any atom is 0.306 e. The first kappa shape index (κ1) is 34.6. The zero-order valence-corrected chi connectivity index (χ0v) is 24.6. The zero-order chi connectivity index (χ0) is 29.1. The molecule has 0 aromatic heterocycles. The van der Waals surface area contributed by atoms with Gasteiger partial charge in [-0.3, -0.25) is 23.7 Å². The smallest absolute Gasteiger partial charge is 0.306 e. The zero-order valence-electron chi connectivity index (χ0n) is 23.9. The molecule has 0 spiro atoms. The Kier molecular flexibility index (Phi) is 18.9. The Balaban J connectivity index is -0.000000859. The van der Waals surface area contributed by atoms with E-state index < -0.39 is 23.2 Å². The summed E-state index contributed by atoms with van der Waals surface area (Å²) in [5.41, 5.74) is -0.233. The molecule has 1 atom stereocenters. The molecule has 11 heteroatoms. The monoisotopic (exact) mass is 558 g/mol. The van der Waals surface area contributed by atoms with Crippen molar-refractivity contribution in [1.82, 2.24) is 0 Å². The van der Waals surface area contributed by atoms with Crippen molar-refractivity contribution in [3.05, 3.63) is 0 Å². The summed E-state index contributed by atoms with van der Waals surface area (Å²) >= 11 is 0. The Bertz CT molecular complexity index is 859. The topological polar surface area (TPSA) is 138 Å². The van der Waals surface area contributed by atoms with E-state index in [0.29, 0.717) is 32.1 Å². The predicted molar refractivity (Wildman–Crippen MR) is 144 cm³/mol. The van der Waals surface area contributed by atoms with E-state index in [1.807, 2.05) is 20.8 Å². The molecule has 0 rings (SSSR count). The Morgan fingerprint density at radius 2 is 1.42 bits per heavy atom. The minimum atomic E-state index is -3.51. The number of carbonyl (C=O) groups excluding carboxylic acids is 4. The lowest BCUT2D eigenvalue weighted by molar-refractivity contribution is -0.144. The summed E-state index contributed by atoms with van der Waals surface area (Å²) in [6, 6.07) is 0. The molecular formula is C25H49O9PS. The summed E-state index contributed by atoms with van der Waals surface area (Å²) in [5, 5.41) is 0. The van der Waals surface area contributed by atoms with Crippen LogP contribution in [0.5, 0.6) is 0 Å². The Hall–Kier alpha value is -1.38. The van der Waals surface area contributed by atoms with Gasteiger partial charge in [0.1, 0.15) is 24.0 Å². The van der Waals surface area contributed by atoms with Gasteiger partial charge in [0.2, 0.25) is 7.37 Å². The first-order chi connectivity index (χ1) is 17.1. The summed E-state index contributed by atoms with van der Waals surface area (Å²) < 4.78 is 53.9. The van der Waals surface area contributed by atoms with E-state index in [-0.39, 0.29) is 81.0 Å². The number of carbonyl (C=O) groups is 4. The number of hydrogen-bond acceptors (Lipinski definition) is 9. The van der Waals surface area contributed by atoms with Gasteiger partial charge in [-0.2, -0.15) is 0 Å². The number of hydrogen-bond donors (Lipinski definition) is 0. The molecule has 214 valence electrons. The van der Waals surface area contributed by atoms with Crippen molar-refractivity contribution in [2.75, 3.05) is 30.9 Å². The second-order valence-electron chi connectivity index (χ2n) is 9.01. The van der Waals surface area contributed by atoms with Crippen molar-refractivity contribution in [3.8, 4) is 0 Å². The lowest BCUT2D eigenvalue weighted by Gasteiger charge is -2.21. The molecule has 0 saturated heterocycles. The molecule has 0 aliphatic carbocycles. The number of rotatable bonds is 19. The fraction of sp³-hybridized carbons (Fsp3) is 0.840. The fourth-order valence-corrected chi connectivity index (χ4v) is 5.40. The maximum atomic E-state index is 12.6. The van der Waals surface area contributed by atoms with Gasteiger partial charge in [0, 0.05) is 52.6 Å². The molecular weight excluding hydrogens is 507 g/mol. The molecule has 0 saturated carbocycles. The molecule has 0 N–H and O–H groups in total. The SMILES string of the molecule is CCC(=O)CCC(=O)C(C)C.[2HH].[2H]CCCP(=O)(OCCS(=O)(=O)CCOC(=O)CCC(=O)CC)C(C)C. The van der Waals surface area contributed by atoms with Crippen LogP contribution >= 0.6 is 7.37 Å². The normalized spacial score (nSPS) is 13.4. The van der Waals surface area contributed by atoms with Crippen molar-refractivity contribution in [2.45, 2.75) is 99.0 Å². The fourth-order valence-electron chi connectivity index (χ4n) is 2.61. The maximum absolute atomic E-state index is 12.6. The van der Waals surface area contributed by atoms with Crippen molar-refractivity contribution in [2.24, 2.45) is 5.92 Å². The highest BCUT2D eigenvalue weighted by molar-refractivity contribution is 7.91. The van der Waals surface area contributed by atoms with E-state index in [4.69, 9.17) is 10.6 Å². The molecule has 0 aromatic rings. The van der Waals surface area contributed by atoms with Crippen LogP contribution in [0, 0.1) is 5.92 Å². The van der Waals surface area contributed by atoms with Crippen LogP contribution in [-0.4, -0.2) is 68.3 Å². The van der Waals surface area contributed by atoms with Gasteiger partial charge in [0.05, 0.1) is 24.5 Å². The number of esters is 1. The second-order valence-corrected chi connectivity index (χ2v) is 14.5. The standard InChI is InChI=1S/C16H31O7PS.C9H16O2.H2/c1-5-11-24(19,14(3)4)23-10-13-25(20,21)12-9-22-16(18)8-7-15(17)6-2;1-4-8(10)5-6-9(11)7(2)3;/h14H,5-13H2,1-4H3;7H,4-6H2,1-3H3;1H/i1D;;1+1. The van der Waals surface area contributed by atoms with E-state index in [1.165, 1.54) is 0 Å². The third kappa shape index (κ3) is 18.8. The van der Waals surface area contributed by atoms with Crippen LogP contribution < -0.4 is 0 Å². The third-order valence-electron chi connectivity index (χ3n) is 5.31. The average molecular weight is 559 g/mol. The van der Waals surface area contributed by atoms with Crippen molar-refractivity contribution in [1.29, 1.82) is 0 Å². The first-order valence-electron chi connectivity index (χ1n) is 13.3. The number of sulfone groups is 1. The minimum Gasteiger partial charge on any atom is -0.465 e. The molecule has 0 amide bonds. The summed E-state index contributed by atoms with van der Waals surface area (Å²) in [4.78, 5) is 44.3. The van der Waals surface area contributed by atoms with E-state index in [1.54, 1.807) is 20.8 Å². The molecule has 0 aromatic carbocycles. The molecule has 0 radical (unpaired) electrons. The van der Waals surface area contributed by atoms with Gasteiger partial charge in [0.15, 0.2) is 9.84 Å². The molecule has 1 unspecified atom stereocenters. The van der Waals surface area contributed by atoms with Crippen LogP contribution in [-0.2, 0) is 42.8 Å². The highest BCUT2D eigenvalue weighted by Crippen LogP contribution is 2.51. The highest BCUT2D eigenvalue weighted by Gasteiger charge is 2.27. The van der Waals surface area contributed by atoms with Gasteiger partial charge in [0.25, 0.3) is 0 Å². The quantitative estimate of drug-likeness (QED) is 0.158. The lowest BCUT2D eigenvalue weighted by Crippen LogP contribution is -2.21. The summed E-state index contributed by atoms with van der Waals surface area (Å²) in [6.45, 7) is 10.4. The third-order valence-corrected chi connectivity index (χ3v) is 10.0. The van der Waals surface area contributed by atoms with Crippen LogP contribution in [0.3, 0.4) is 0 Å². The van der Waals surface area contributed by atoms with E-state index >= 15 is 0 Å². The minimum absolute atomic E-state index is 0. The van der Waals surface area contributed by atoms with E-state index in [2.05, 4.69) is 0 Å². The van der Waals surface area contributed by atoms with E-state index in [0.717, 1.165) is 0 Å². The second kappa shape index (κ2) is 19.7. The number of Topliss-reactive ketones (excluding diaryl/α,β-unsaturated/α-hetero) is 3. The van der Waals surface area contributed by atoms with Crippen molar-refractivity contribution >= 4 is 40.5 Å². The van der Waals surface area contributed by atoms with Crippen molar-refractivity contribution < 1.29 is 44.2 Å². The average Bonchev–Trinajstić information content (AvgIpc) is 2.84. The van der Waals surface area contributed by atoms with Crippen LogP contribution in [0.15, 0.2) is 0 Å². The number of ketones is 3. The Labute approximate surface area is 220 Å². The summed E-state index contributed by atoms with van der Waals surface area (Å²) in [5.74, 6) is -0.867. The lowest BCUT2D eigenvalue weighted by atomic mass is 10.0. The van der Waals surface area contributed by atoms with Gasteiger partial charge in [-0.25, -0.2) is 8.42 Å². The summed E-state index contributed by atoms with van der Waals surface area (Å²) in [6.07, 6.45) is 2.50. The molecule has 9 nitrogen and oxygen atoms in total. The van der Waals surface area contributed by atoms with Gasteiger partial charge >= 0.3 is 5.97 Å². The predicted octanol–water partition coefficient (Wildman–Crippen LogP) is 5.03. The number of ether oxygens (including phenoxy) is 1. The van der Waals surface area contributed by atoms with Gasteiger partial charge in [-0.15, -0.1) is 0 Å². The van der Waals surface area contributed by atoms with Crippen molar-refractivity contribution in [3.63, 3.8) is 0 Å². The van der Waals surface area contributed by atoms with Gasteiger partial charge < -0.3 is 9.26 Å². The molecule has 0 aliphatic heterocycles. The highest BCUT2D eigenvalue weighted by atomic mass is 32.2. The molecule has 0 aliphatic rings. The Morgan fingerprint density at radius 3 is 1.89 bits per heavy atom. The first-order valence-corrected chi connectivity index (χ1v) is 16.3. The van der Waals surface area contributed by atoms with Crippen LogP contribution in [0.1, 0.15) is 96.2 Å². The van der Waals surface area contributed by atoms with Gasteiger partial charge in [-0.05, 0) is 6.42 Å². The van der Waals surface area contributed by atoms with Crippen LogP contribution in [0.4, 0.5) is 0 Å². The Morgan fingerprint density at radius 1 is 0.889 bits per heavy atom. The van der Waals surface area contributed by atoms with Gasteiger partial charge in [-0.1, -0.05) is 48.4 Å². The summed E-state index contributed by atoms with van der Waals surface area (Å²) in [7, 11) is -6.47. The van der Waals surface area contributed by atoms with Crippen LogP contribution in [0.25, 0.3) is 0 Å². The largest absolute Gasteiger partial charge is 0.465 e. The molecule has 0 heterocycles. The van der Waals surface area contributed by atoms with Crippen LogP contribution in [0.2, 0.25) is 0 Å². The molecule has 0 bridgehead atoms. The molecule has 36 heavy (non-hydrogen) atoms. The van der Waals surface area contributed by atoms with E-state index in [9.17, 15) is 32.2 Å².